The standard InChI is InChI=1S/C12H20F2N2O/c13-11(14)9-4-7-16(8-5-9)12(17)10-3-1-2-6-15-10/h9-11,15H,1-8H2/t10-/m1/s1. The summed E-state index contributed by atoms with van der Waals surface area (Å²) >= 11 is 0. The van der Waals surface area contributed by atoms with E-state index in [4.69, 9.17) is 0 Å². The maximum absolute atomic E-state index is 12.5. The van der Waals surface area contributed by atoms with Crippen LogP contribution in [-0.4, -0.2) is 42.9 Å². The number of rotatable bonds is 2. The summed E-state index contributed by atoms with van der Waals surface area (Å²) < 4.78 is 25.0. The van der Waals surface area contributed by atoms with Crippen LogP contribution in [0.1, 0.15) is 32.1 Å². The predicted octanol–water partition coefficient (Wildman–Crippen LogP) is 1.63. The number of carbonyl (C=O) groups excluding carboxylic acids is 1. The van der Waals surface area contributed by atoms with Crippen molar-refractivity contribution in [3.63, 3.8) is 0 Å². The Bertz CT molecular complexity index is 259. The summed E-state index contributed by atoms with van der Waals surface area (Å²) in [6.45, 7) is 1.88. The average Bonchev–Trinajstić information content (AvgIpc) is 2.39. The van der Waals surface area contributed by atoms with Crippen molar-refractivity contribution in [1.29, 1.82) is 0 Å². The fraction of sp³-hybridized carbons (Fsp3) is 0.917. The first kappa shape index (κ1) is 12.7. The van der Waals surface area contributed by atoms with Gasteiger partial charge in [0, 0.05) is 19.0 Å². The molecule has 0 bridgehead atoms. The van der Waals surface area contributed by atoms with E-state index in [1.807, 2.05) is 0 Å². The van der Waals surface area contributed by atoms with E-state index in [-0.39, 0.29) is 11.9 Å². The van der Waals surface area contributed by atoms with Crippen LogP contribution in [0, 0.1) is 5.92 Å². The summed E-state index contributed by atoms with van der Waals surface area (Å²) in [5.74, 6) is -0.407. The van der Waals surface area contributed by atoms with Gasteiger partial charge in [0.15, 0.2) is 0 Å². The fourth-order valence-electron chi connectivity index (χ4n) is 2.65. The minimum absolute atomic E-state index is 0.0770. The van der Waals surface area contributed by atoms with E-state index in [0.717, 1.165) is 25.8 Å². The summed E-state index contributed by atoms with van der Waals surface area (Å²) in [6, 6.07) is -0.0770. The van der Waals surface area contributed by atoms with Crippen molar-refractivity contribution < 1.29 is 13.6 Å². The smallest absolute Gasteiger partial charge is 0.241 e. The first-order valence-corrected chi connectivity index (χ1v) is 6.49. The molecule has 2 aliphatic rings. The minimum Gasteiger partial charge on any atom is -0.341 e. The molecule has 1 N–H and O–H groups in total. The number of alkyl halides is 2. The SMILES string of the molecule is O=C([C@H]1CCCCN1)N1CCC(C(F)F)CC1. The second kappa shape index (κ2) is 5.76. The molecular formula is C12H20F2N2O. The van der Waals surface area contributed by atoms with Gasteiger partial charge in [-0.15, -0.1) is 0 Å². The Kier molecular flexibility index (Phi) is 4.31. The molecule has 5 heteroatoms. The van der Waals surface area contributed by atoms with Gasteiger partial charge in [-0.1, -0.05) is 6.42 Å². The van der Waals surface area contributed by atoms with Gasteiger partial charge in [0.25, 0.3) is 0 Å². The minimum atomic E-state index is -2.24. The molecule has 0 aliphatic carbocycles. The highest BCUT2D eigenvalue weighted by Crippen LogP contribution is 2.24. The Hall–Kier alpha value is -0.710. The van der Waals surface area contributed by atoms with Crippen molar-refractivity contribution >= 4 is 5.91 Å². The third-order valence-electron chi connectivity index (χ3n) is 3.82. The number of hydrogen-bond acceptors (Lipinski definition) is 2. The Labute approximate surface area is 101 Å². The number of carbonyl (C=O) groups is 1. The number of nitrogens with one attached hydrogen (secondary N) is 1. The molecule has 1 amide bonds. The molecule has 1 atom stereocenters. The van der Waals surface area contributed by atoms with Gasteiger partial charge in [-0.25, -0.2) is 8.78 Å². The van der Waals surface area contributed by atoms with Gasteiger partial charge in [-0.3, -0.25) is 4.79 Å². The molecule has 0 saturated carbocycles. The Morgan fingerprint density at radius 1 is 1.18 bits per heavy atom. The van der Waals surface area contributed by atoms with Gasteiger partial charge >= 0.3 is 0 Å². The van der Waals surface area contributed by atoms with E-state index in [1.54, 1.807) is 4.90 Å². The molecule has 3 nitrogen and oxygen atoms in total. The van der Waals surface area contributed by atoms with Crippen molar-refractivity contribution in [3.8, 4) is 0 Å². The Morgan fingerprint density at radius 3 is 2.41 bits per heavy atom. The molecule has 0 unspecified atom stereocenters. The van der Waals surface area contributed by atoms with Gasteiger partial charge in [0.05, 0.1) is 6.04 Å². The topological polar surface area (TPSA) is 32.3 Å². The maximum Gasteiger partial charge on any atom is 0.241 e. The number of halogens is 2. The van der Waals surface area contributed by atoms with E-state index in [9.17, 15) is 13.6 Å². The lowest BCUT2D eigenvalue weighted by Gasteiger charge is -2.35. The fourth-order valence-corrected chi connectivity index (χ4v) is 2.65. The van der Waals surface area contributed by atoms with Gasteiger partial charge in [-0.05, 0) is 32.2 Å². The molecule has 0 aromatic rings. The lowest BCUT2D eigenvalue weighted by atomic mass is 9.96. The van der Waals surface area contributed by atoms with Crippen LogP contribution in [0.15, 0.2) is 0 Å². The lowest BCUT2D eigenvalue weighted by molar-refractivity contribution is -0.136. The zero-order chi connectivity index (χ0) is 12.3. The maximum atomic E-state index is 12.5. The molecule has 98 valence electrons. The summed E-state index contributed by atoms with van der Waals surface area (Å²) in [7, 11) is 0. The molecular weight excluding hydrogens is 226 g/mol. The normalized spacial score (nSPS) is 27.5. The largest absolute Gasteiger partial charge is 0.341 e. The molecule has 17 heavy (non-hydrogen) atoms. The second-order valence-electron chi connectivity index (χ2n) is 5.00. The van der Waals surface area contributed by atoms with Crippen molar-refractivity contribution in [1.82, 2.24) is 10.2 Å². The van der Waals surface area contributed by atoms with Crippen LogP contribution < -0.4 is 5.32 Å². The quantitative estimate of drug-likeness (QED) is 0.803. The van der Waals surface area contributed by atoms with Gasteiger partial charge in [0.1, 0.15) is 0 Å². The molecule has 2 saturated heterocycles. The Morgan fingerprint density at radius 2 is 1.88 bits per heavy atom. The monoisotopic (exact) mass is 246 g/mol. The number of hydrogen-bond donors (Lipinski definition) is 1. The molecule has 2 heterocycles. The number of likely N-dealkylation sites (tertiary alicyclic amines) is 1. The third-order valence-corrected chi connectivity index (χ3v) is 3.82. The summed E-state index contributed by atoms with van der Waals surface area (Å²) in [5, 5.41) is 3.21. The number of piperidine rings is 2. The molecule has 2 rings (SSSR count). The van der Waals surface area contributed by atoms with Crippen molar-refractivity contribution in [2.45, 2.75) is 44.6 Å². The van der Waals surface area contributed by atoms with E-state index in [1.165, 1.54) is 0 Å². The lowest BCUT2D eigenvalue weighted by Crippen LogP contribution is -2.51. The third kappa shape index (κ3) is 3.15. The second-order valence-corrected chi connectivity index (χ2v) is 5.00. The van der Waals surface area contributed by atoms with Crippen molar-refractivity contribution in [2.75, 3.05) is 19.6 Å². The van der Waals surface area contributed by atoms with Gasteiger partial charge in [0.2, 0.25) is 12.3 Å². The van der Waals surface area contributed by atoms with Crippen molar-refractivity contribution in [2.24, 2.45) is 5.92 Å². The van der Waals surface area contributed by atoms with Crippen LogP contribution in [0.2, 0.25) is 0 Å². The predicted molar refractivity (Wildman–Crippen MR) is 60.9 cm³/mol. The van der Waals surface area contributed by atoms with Crippen LogP contribution in [0.5, 0.6) is 0 Å². The molecule has 2 aliphatic heterocycles. The highest BCUT2D eigenvalue weighted by atomic mass is 19.3. The highest BCUT2D eigenvalue weighted by molar-refractivity contribution is 5.82. The zero-order valence-corrected chi connectivity index (χ0v) is 10.0. The van der Waals surface area contributed by atoms with Crippen LogP contribution >= 0.6 is 0 Å². The summed E-state index contributed by atoms with van der Waals surface area (Å²) in [6.07, 6.45) is 1.73. The molecule has 2 fully saturated rings. The van der Waals surface area contributed by atoms with Gasteiger partial charge < -0.3 is 10.2 Å². The first-order chi connectivity index (χ1) is 8.18. The van der Waals surface area contributed by atoms with Crippen LogP contribution in [0.25, 0.3) is 0 Å². The summed E-state index contributed by atoms with van der Waals surface area (Å²) in [4.78, 5) is 13.9. The number of nitrogens with zero attached hydrogens (tertiary/aromatic N) is 1. The average molecular weight is 246 g/mol. The first-order valence-electron chi connectivity index (χ1n) is 6.49. The summed E-state index contributed by atoms with van der Waals surface area (Å²) in [5.41, 5.74) is 0. The van der Waals surface area contributed by atoms with Crippen LogP contribution in [-0.2, 0) is 4.79 Å². The van der Waals surface area contributed by atoms with E-state index >= 15 is 0 Å². The van der Waals surface area contributed by atoms with Crippen LogP contribution in [0.3, 0.4) is 0 Å². The van der Waals surface area contributed by atoms with Crippen LogP contribution in [0.4, 0.5) is 8.78 Å². The highest BCUT2D eigenvalue weighted by Gasteiger charge is 2.31. The molecule has 0 aromatic heterocycles. The van der Waals surface area contributed by atoms with E-state index in [0.29, 0.717) is 25.9 Å². The molecule has 0 radical (unpaired) electrons. The van der Waals surface area contributed by atoms with E-state index < -0.39 is 12.3 Å². The molecule has 0 aromatic carbocycles. The van der Waals surface area contributed by atoms with E-state index in [2.05, 4.69) is 5.32 Å². The molecule has 0 spiro atoms. The Balaban J connectivity index is 1.81. The zero-order valence-electron chi connectivity index (χ0n) is 10.0. The van der Waals surface area contributed by atoms with Crippen molar-refractivity contribution in [3.05, 3.63) is 0 Å². The van der Waals surface area contributed by atoms with Gasteiger partial charge in [-0.2, -0.15) is 0 Å². The number of amides is 1.